The van der Waals surface area contributed by atoms with Crippen molar-refractivity contribution in [3.8, 4) is 0 Å². The Morgan fingerprint density at radius 3 is 2.74 bits per heavy atom. The molecule has 0 spiro atoms. The summed E-state index contributed by atoms with van der Waals surface area (Å²) >= 11 is 0. The lowest BCUT2D eigenvalue weighted by Crippen LogP contribution is -2.29. The van der Waals surface area contributed by atoms with Gasteiger partial charge in [0, 0.05) is 24.7 Å². The minimum Gasteiger partial charge on any atom is -0.323 e. The normalized spacial score (nSPS) is 17.9. The molecule has 1 saturated heterocycles. The van der Waals surface area contributed by atoms with Gasteiger partial charge in [0.25, 0.3) is 0 Å². The van der Waals surface area contributed by atoms with Crippen LogP contribution in [0.1, 0.15) is 38.2 Å². The number of carbonyl (C=O) groups excluding carboxylic acids is 2. The van der Waals surface area contributed by atoms with Crippen LogP contribution in [0.4, 0.5) is 20.2 Å². The fourth-order valence-corrected chi connectivity index (χ4v) is 3.31. The number of anilines is 2. The first kappa shape index (κ1) is 19.0. The second-order valence-corrected chi connectivity index (χ2v) is 6.89. The van der Waals surface area contributed by atoms with Gasteiger partial charge in [-0.2, -0.15) is 0 Å². The minimum atomic E-state index is -0.715. The van der Waals surface area contributed by atoms with Gasteiger partial charge in [0.05, 0.1) is 11.6 Å². The number of benzene rings is 2. The minimum absolute atomic E-state index is 0.0393. The van der Waals surface area contributed by atoms with Gasteiger partial charge in [0.2, 0.25) is 11.8 Å². The van der Waals surface area contributed by atoms with E-state index in [1.165, 1.54) is 0 Å². The highest BCUT2D eigenvalue weighted by molar-refractivity contribution is 6.03. The third kappa shape index (κ3) is 3.99. The molecule has 4 nitrogen and oxygen atoms in total. The number of hydrogen-bond acceptors (Lipinski definition) is 2. The number of rotatable bonds is 5. The molecule has 2 aromatic rings. The van der Waals surface area contributed by atoms with E-state index in [9.17, 15) is 18.4 Å². The summed E-state index contributed by atoms with van der Waals surface area (Å²) in [5.74, 6) is -2.33. The SMILES string of the molecule is CCC(C)c1ccccc1N1CC(C(=O)Nc2cc(F)ccc2F)CC1=O. The molecule has 1 fully saturated rings. The largest absolute Gasteiger partial charge is 0.323 e. The Labute approximate surface area is 157 Å². The number of halogens is 2. The van der Waals surface area contributed by atoms with Crippen LogP contribution in [0.25, 0.3) is 0 Å². The van der Waals surface area contributed by atoms with Crippen molar-refractivity contribution in [3.05, 3.63) is 59.7 Å². The third-order valence-corrected chi connectivity index (χ3v) is 5.05. The van der Waals surface area contributed by atoms with Crippen LogP contribution in [-0.4, -0.2) is 18.4 Å². The quantitative estimate of drug-likeness (QED) is 0.842. The molecule has 2 aromatic carbocycles. The van der Waals surface area contributed by atoms with Crippen molar-refractivity contribution in [2.24, 2.45) is 5.92 Å². The van der Waals surface area contributed by atoms with E-state index < -0.39 is 23.5 Å². The second kappa shape index (κ2) is 7.86. The van der Waals surface area contributed by atoms with Crippen LogP contribution >= 0.6 is 0 Å². The molecule has 1 N–H and O–H groups in total. The first-order valence-corrected chi connectivity index (χ1v) is 9.06. The van der Waals surface area contributed by atoms with Crippen LogP contribution in [0.2, 0.25) is 0 Å². The predicted molar refractivity (Wildman–Crippen MR) is 101 cm³/mol. The second-order valence-electron chi connectivity index (χ2n) is 6.89. The summed E-state index contributed by atoms with van der Waals surface area (Å²) in [5.41, 5.74) is 1.65. The molecule has 6 heteroatoms. The molecule has 2 atom stereocenters. The van der Waals surface area contributed by atoms with Gasteiger partial charge in [-0.25, -0.2) is 8.78 Å². The smallest absolute Gasteiger partial charge is 0.229 e. The third-order valence-electron chi connectivity index (χ3n) is 5.05. The molecule has 0 aliphatic carbocycles. The fraction of sp³-hybridized carbons (Fsp3) is 0.333. The van der Waals surface area contributed by atoms with E-state index in [0.717, 1.165) is 35.9 Å². The average molecular weight is 372 g/mol. The Balaban J connectivity index is 1.78. The van der Waals surface area contributed by atoms with Crippen molar-refractivity contribution in [2.75, 3.05) is 16.8 Å². The molecule has 3 rings (SSSR count). The molecule has 0 saturated carbocycles. The summed E-state index contributed by atoms with van der Waals surface area (Å²) in [4.78, 5) is 26.7. The van der Waals surface area contributed by atoms with E-state index in [1.54, 1.807) is 4.90 Å². The number of nitrogens with zero attached hydrogens (tertiary/aromatic N) is 1. The maximum Gasteiger partial charge on any atom is 0.229 e. The first-order valence-electron chi connectivity index (χ1n) is 9.06. The van der Waals surface area contributed by atoms with Crippen LogP contribution in [0.5, 0.6) is 0 Å². The number of para-hydroxylation sites is 1. The van der Waals surface area contributed by atoms with Crippen LogP contribution < -0.4 is 10.2 Å². The van der Waals surface area contributed by atoms with Gasteiger partial charge in [0.15, 0.2) is 0 Å². The van der Waals surface area contributed by atoms with E-state index >= 15 is 0 Å². The van der Waals surface area contributed by atoms with Gasteiger partial charge in [-0.05, 0) is 36.1 Å². The van der Waals surface area contributed by atoms with Gasteiger partial charge in [-0.15, -0.1) is 0 Å². The van der Waals surface area contributed by atoms with Crippen LogP contribution in [0.3, 0.4) is 0 Å². The predicted octanol–water partition coefficient (Wildman–Crippen LogP) is 4.47. The van der Waals surface area contributed by atoms with Crippen molar-refractivity contribution in [1.29, 1.82) is 0 Å². The molecule has 27 heavy (non-hydrogen) atoms. The zero-order valence-electron chi connectivity index (χ0n) is 15.3. The molecule has 0 bridgehead atoms. The Morgan fingerprint density at radius 1 is 1.26 bits per heavy atom. The molecular weight excluding hydrogens is 350 g/mol. The summed E-state index contributed by atoms with van der Waals surface area (Å²) in [6.45, 7) is 4.39. The fourth-order valence-electron chi connectivity index (χ4n) is 3.31. The van der Waals surface area contributed by atoms with Crippen molar-refractivity contribution < 1.29 is 18.4 Å². The summed E-state index contributed by atoms with van der Waals surface area (Å²) in [6, 6.07) is 10.5. The Kier molecular flexibility index (Phi) is 5.54. The number of carbonyl (C=O) groups is 2. The monoisotopic (exact) mass is 372 g/mol. The van der Waals surface area contributed by atoms with Crippen LogP contribution in [-0.2, 0) is 9.59 Å². The lowest BCUT2D eigenvalue weighted by atomic mass is 9.96. The molecule has 1 aliphatic rings. The van der Waals surface area contributed by atoms with Crippen LogP contribution in [0.15, 0.2) is 42.5 Å². The van der Waals surface area contributed by atoms with E-state index in [-0.39, 0.29) is 30.5 Å². The van der Waals surface area contributed by atoms with E-state index in [0.29, 0.717) is 0 Å². The van der Waals surface area contributed by atoms with E-state index in [4.69, 9.17) is 0 Å². The first-order chi connectivity index (χ1) is 12.9. The number of amides is 2. The van der Waals surface area contributed by atoms with E-state index in [1.807, 2.05) is 24.3 Å². The molecule has 1 heterocycles. The number of nitrogens with one attached hydrogen (secondary N) is 1. The Morgan fingerprint density at radius 2 is 2.00 bits per heavy atom. The maximum atomic E-state index is 13.8. The standard InChI is InChI=1S/C21H22F2N2O2/c1-3-13(2)16-6-4-5-7-19(16)25-12-14(10-20(25)26)21(27)24-18-11-15(22)8-9-17(18)23/h4-9,11,13-14H,3,10,12H2,1-2H3,(H,24,27). The highest BCUT2D eigenvalue weighted by Crippen LogP contribution is 2.33. The topological polar surface area (TPSA) is 49.4 Å². The summed E-state index contributed by atoms with van der Waals surface area (Å²) in [5, 5.41) is 2.40. The van der Waals surface area contributed by atoms with Crippen molar-refractivity contribution in [2.45, 2.75) is 32.6 Å². The Hall–Kier alpha value is -2.76. The molecule has 2 unspecified atom stereocenters. The van der Waals surface area contributed by atoms with Gasteiger partial charge < -0.3 is 10.2 Å². The van der Waals surface area contributed by atoms with Crippen molar-refractivity contribution in [1.82, 2.24) is 0 Å². The molecule has 2 amide bonds. The Bertz CT molecular complexity index is 869. The van der Waals surface area contributed by atoms with Gasteiger partial charge in [0.1, 0.15) is 11.6 Å². The lowest BCUT2D eigenvalue weighted by Gasteiger charge is -2.23. The summed E-state index contributed by atoms with van der Waals surface area (Å²) in [6.07, 6.45) is 0.972. The summed E-state index contributed by atoms with van der Waals surface area (Å²) < 4.78 is 27.1. The zero-order chi connectivity index (χ0) is 19.6. The maximum absolute atomic E-state index is 13.8. The van der Waals surface area contributed by atoms with Gasteiger partial charge in [-0.1, -0.05) is 32.0 Å². The number of hydrogen-bond donors (Lipinski definition) is 1. The zero-order valence-corrected chi connectivity index (χ0v) is 15.3. The van der Waals surface area contributed by atoms with Crippen LogP contribution in [0, 0.1) is 17.6 Å². The molecular formula is C21H22F2N2O2. The molecule has 0 aromatic heterocycles. The van der Waals surface area contributed by atoms with E-state index in [2.05, 4.69) is 19.2 Å². The molecule has 1 aliphatic heterocycles. The molecule has 0 radical (unpaired) electrons. The average Bonchev–Trinajstić information content (AvgIpc) is 3.05. The highest BCUT2D eigenvalue weighted by atomic mass is 19.1. The van der Waals surface area contributed by atoms with Crippen molar-refractivity contribution in [3.63, 3.8) is 0 Å². The van der Waals surface area contributed by atoms with Gasteiger partial charge in [-0.3, -0.25) is 9.59 Å². The van der Waals surface area contributed by atoms with Crippen molar-refractivity contribution >= 4 is 23.2 Å². The molecule has 142 valence electrons. The highest BCUT2D eigenvalue weighted by Gasteiger charge is 2.36. The lowest BCUT2D eigenvalue weighted by molar-refractivity contribution is -0.122. The van der Waals surface area contributed by atoms with Gasteiger partial charge >= 0.3 is 0 Å². The summed E-state index contributed by atoms with van der Waals surface area (Å²) in [7, 11) is 0.